The number of nitrogens with one attached hydrogen (secondary N) is 1. The Morgan fingerprint density at radius 3 is 2.00 bits per heavy atom. The van der Waals surface area contributed by atoms with Gasteiger partial charge in [-0.25, -0.2) is 8.42 Å². The molecule has 1 N–H and O–H groups in total. The second-order valence-electron chi connectivity index (χ2n) is 10.6. The fraction of sp³-hybridized carbons (Fsp3) is 0.235. The van der Waals surface area contributed by atoms with Crippen molar-refractivity contribution < 1.29 is 22.7 Å². The molecule has 236 valence electrons. The highest BCUT2D eigenvalue weighted by Gasteiger charge is 2.34. The fourth-order valence-electron chi connectivity index (χ4n) is 4.69. The van der Waals surface area contributed by atoms with E-state index in [4.69, 9.17) is 27.9 Å². The Hall–Kier alpha value is -4.05. The molecule has 2 amide bonds. The molecule has 1 unspecified atom stereocenters. The van der Waals surface area contributed by atoms with E-state index in [1.807, 2.05) is 32.0 Å². The molecular formula is C34H35Cl2N3O5S. The number of hydrogen-bond acceptors (Lipinski definition) is 5. The molecule has 11 heteroatoms. The van der Waals surface area contributed by atoms with Gasteiger partial charge in [0.1, 0.15) is 24.1 Å². The van der Waals surface area contributed by atoms with E-state index in [2.05, 4.69) is 5.32 Å². The van der Waals surface area contributed by atoms with Crippen LogP contribution in [0.1, 0.15) is 32.8 Å². The first-order chi connectivity index (χ1) is 21.5. The Morgan fingerprint density at radius 1 is 0.822 bits per heavy atom. The summed E-state index contributed by atoms with van der Waals surface area (Å²) in [4.78, 5) is 28.9. The monoisotopic (exact) mass is 667 g/mol. The average molecular weight is 669 g/mol. The third-order valence-corrected chi connectivity index (χ3v) is 9.39. The number of carbonyl (C=O) groups excluding carboxylic acids is 2. The Balaban J connectivity index is 1.72. The van der Waals surface area contributed by atoms with E-state index in [1.54, 1.807) is 79.7 Å². The van der Waals surface area contributed by atoms with E-state index in [1.165, 1.54) is 17.0 Å². The van der Waals surface area contributed by atoms with Gasteiger partial charge >= 0.3 is 0 Å². The molecule has 0 saturated heterocycles. The molecule has 0 aliphatic rings. The van der Waals surface area contributed by atoms with Crippen LogP contribution in [0.25, 0.3) is 0 Å². The van der Waals surface area contributed by atoms with Crippen LogP contribution < -0.4 is 14.4 Å². The van der Waals surface area contributed by atoms with Crippen LogP contribution in [0, 0.1) is 0 Å². The topological polar surface area (TPSA) is 96.0 Å². The number of benzene rings is 4. The number of ether oxygens (including phenoxy) is 1. The summed E-state index contributed by atoms with van der Waals surface area (Å²) in [6.45, 7) is 4.89. The van der Waals surface area contributed by atoms with E-state index >= 15 is 0 Å². The largest absolute Gasteiger partial charge is 0.457 e. The number of sulfonamides is 1. The first-order valence-corrected chi connectivity index (χ1v) is 16.6. The second-order valence-corrected chi connectivity index (χ2v) is 13.3. The standard InChI is InChI=1S/C34H35Cl2N3O5S/c1-4-32(34(41)37-24(2)3)38(22-25-15-20-30(35)31(36)21-25)33(40)23-39(45(42,43)29-13-9-6-10-14-29)26-16-18-28(19-17-26)44-27-11-7-5-8-12-27/h5-21,24,32H,4,22-23H2,1-3H3,(H,37,41). The summed E-state index contributed by atoms with van der Waals surface area (Å²) >= 11 is 12.4. The molecule has 0 spiro atoms. The minimum Gasteiger partial charge on any atom is -0.457 e. The molecule has 0 aliphatic carbocycles. The minimum atomic E-state index is -4.21. The zero-order valence-corrected chi connectivity index (χ0v) is 27.5. The first kappa shape index (κ1) is 33.8. The molecule has 0 aliphatic heterocycles. The van der Waals surface area contributed by atoms with Crippen molar-refractivity contribution in [2.24, 2.45) is 0 Å². The molecule has 1 atom stereocenters. The Morgan fingerprint density at radius 2 is 1.42 bits per heavy atom. The van der Waals surface area contributed by atoms with Crippen molar-refractivity contribution in [1.82, 2.24) is 10.2 Å². The minimum absolute atomic E-state index is 0.00280. The van der Waals surface area contributed by atoms with Crippen LogP contribution in [0.15, 0.2) is 108 Å². The maximum absolute atomic E-state index is 14.2. The maximum Gasteiger partial charge on any atom is 0.264 e. The van der Waals surface area contributed by atoms with Gasteiger partial charge in [0.2, 0.25) is 11.8 Å². The highest BCUT2D eigenvalue weighted by atomic mass is 35.5. The number of hydrogen-bond donors (Lipinski definition) is 1. The predicted octanol–water partition coefficient (Wildman–Crippen LogP) is 7.31. The van der Waals surface area contributed by atoms with Crippen LogP contribution in [0.3, 0.4) is 0 Å². The molecule has 4 aromatic rings. The number of nitrogens with zero attached hydrogens (tertiary/aromatic N) is 2. The van der Waals surface area contributed by atoms with E-state index < -0.39 is 28.5 Å². The summed E-state index contributed by atoms with van der Waals surface area (Å²) in [7, 11) is -4.21. The Labute approximate surface area is 274 Å². The lowest BCUT2D eigenvalue weighted by molar-refractivity contribution is -0.140. The number of halogens is 2. The lowest BCUT2D eigenvalue weighted by Gasteiger charge is -2.33. The van der Waals surface area contributed by atoms with Crippen molar-refractivity contribution in [3.63, 3.8) is 0 Å². The maximum atomic E-state index is 14.2. The van der Waals surface area contributed by atoms with E-state index in [0.29, 0.717) is 33.5 Å². The summed E-state index contributed by atoms with van der Waals surface area (Å²) in [5, 5.41) is 3.53. The van der Waals surface area contributed by atoms with Crippen molar-refractivity contribution in [3.05, 3.63) is 119 Å². The Bertz CT molecular complexity index is 1700. The summed E-state index contributed by atoms with van der Waals surface area (Å²) < 4.78 is 35.0. The summed E-state index contributed by atoms with van der Waals surface area (Å²) in [5.41, 5.74) is 0.884. The van der Waals surface area contributed by atoms with Gasteiger partial charge in [0.15, 0.2) is 0 Å². The first-order valence-electron chi connectivity index (χ1n) is 14.4. The molecule has 0 heterocycles. The van der Waals surface area contributed by atoms with Crippen LogP contribution >= 0.6 is 23.2 Å². The lowest BCUT2D eigenvalue weighted by Crippen LogP contribution is -2.53. The lowest BCUT2D eigenvalue weighted by atomic mass is 10.1. The van der Waals surface area contributed by atoms with Crippen molar-refractivity contribution in [2.75, 3.05) is 10.8 Å². The third-order valence-electron chi connectivity index (χ3n) is 6.87. The van der Waals surface area contributed by atoms with Crippen LogP contribution in [0.4, 0.5) is 5.69 Å². The zero-order valence-electron chi connectivity index (χ0n) is 25.2. The summed E-state index contributed by atoms with van der Waals surface area (Å²) in [5.74, 6) is 0.195. The molecule has 0 fully saturated rings. The summed E-state index contributed by atoms with van der Waals surface area (Å²) in [6, 6.07) is 27.4. The van der Waals surface area contributed by atoms with Crippen molar-refractivity contribution >= 4 is 50.7 Å². The number of carbonyl (C=O) groups is 2. The normalized spacial score (nSPS) is 12.0. The van der Waals surface area contributed by atoms with Gasteiger partial charge < -0.3 is 15.0 Å². The van der Waals surface area contributed by atoms with Crippen LogP contribution in [0.2, 0.25) is 10.0 Å². The molecule has 0 radical (unpaired) electrons. The number of amides is 2. The SMILES string of the molecule is CCC(C(=O)NC(C)C)N(Cc1ccc(Cl)c(Cl)c1)C(=O)CN(c1ccc(Oc2ccccc2)cc1)S(=O)(=O)c1ccccc1. The van der Waals surface area contributed by atoms with Crippen LogP contribution in [0.5, 0.6) is 11.5 Å². The quantitative estimate of drug-likeness (QED) is 0.161. The molecule has 8 nitrogen and oxygen atoms in total. The number of anilines is 1. The van der Waals surface area contributed by atoms with E-state index in [0.717, 1.165) is 4.31 Å². The fourth-order valence-corrected chi connectivity index (χ4v) is 6.44. The van der Waals surface area contributed by atoms with Gasteiger partial charge in [0, 0.05) is 12.6 Å². The molecular weight excluding hydrogens is 633 g/mol. The second kappa shape index (κ2) is 15.3. The molecule has 0 aromatic heterocycles. The molecule has 0 saturated carbocycles. The average Bonchev–Trinajstić information content (AvgIpc) is 3.02. The Kier molecular flexibility index (Phi) is 11.5. The van der Waals surface area contributed by atoms with E-state index in [-0.39, 0.29) is 29.1 Å². The van der Waals surface area contributed by atoms with Gasteiger partial charge in [-0.1, -0.05) is 72.6 Å². The van der Waals surface area contributed by atoms with Crippen LogP contribution in [-0.2, 0) is 26.2 Å². The molecule has 4 rings (SSSR count). The highest BCUT2D eigenvalue weighted by molar-refractivity contribution is 7.92. The van der Waals surface area contributed by atoms with Gasteiger partial charge in [-0.3, -0.25) is 13.9 Å². The smallest absolute Gasteiger partial charge is 0.264 e. The van der Waals surface area contributed by atoms with Crippen LogP contribution in [-0.4, -0.2) is 43.8 Å². The van der Waals surface area contributed by atoms with Gasteiger partial charge in [-0.15, -0.1) is 0 Å². The molecule has 45 heavy (non-hydrogen) atoms. The zero-order chi connectivity index (χ0) is 32.6. The van der Waals surface area contributed by atoms with Gasteiger partial charge in [-0.05, 0) is 86.5 Å². The molecule has 4 aromatic carbocycles. The van der Waals surface area contributed by atoms with Crippen molar-refractivity contribution in [3.8, 4) is 11.5 Å². The van der Waals surface area contributed by atoms with Crippen molar-refractivity contribution in [1.29, 1.82) is 0 Å². The van der Waals surface area contributed by atoms with Gasteiger partial charge in [-0.2, -0.15) is 0 Å². The van der Waals surface area contributed by atoms with Crippen molar-refractivity contribution in [2.45, 2.75) is 50.7 Å². The number of rotatable bonds is 13. The third kappa shape index (κ3) is 8.78. The highest BCUT2D eigenvalue weighted by Crippen LogP contribution is 2.29. The predicted molar refractivity (Wildman–Crippen MR) is 178 cm³/mol. The number of para-hydroxylation sites is 1. The van der Waals surface area contributed by atoms with Gasteiger partial charge in [0.05, 0.1) is 20.6 Å². The molecule has 0 bridgehead atoms. The van der Waals surface area contributed by atoms with Gasteiger partial charge in [0.25, 0.3) is 10.0 Å². The van der Waals surface area contributed by atoms with E-state index in [9.17, 15) is 18.0 Å². The summed E-state index contributed by atoms with van der Waals surface area (Å²) in [6.07, 6.45) is 0.294.